The molecule has 3 aromatic rings. The Morgan fingerprint density at radius 2 is 1.77 bits per heavy atom. The molecule has 3 rings (SSSR count). The van der Waals surface area contributed by atoms with E-state index >= 15 is 0 Å². The Balaban J connectivity index is 1.58. The molecule has 26 heavy (non-hydrogen) atoms. The van der Waals surface area contributed by atoms with Gasteiger partial charge in [0.05, 0.1) is 12.1 Å². The Labute approximate surface area is 153 Å². The Morgan fingerprint density at radius 3 is 2.58 bits per heavy atom. The molecule has 5 heteroatoms. The number of benzene rings is 2. The van der Waals surface area contributed by atoms with E-state index in [0.29, 0.717) is 18.7 Å². The minimum atomic E-state index is -0.290. The molecule has 0 saturated heterocycles. The van der Waals surface area contributed by atoms with Crippen molar-refractivity contribution in [1.29, 1.82) is 0 Å². The summed E-state index contributed by atoms with van der Waals surface area (Å²) < 4.78 is 12.3. The maximum atomic E-state index is 12.1. The van der Waals surface area contributed by atoms with Crippen LogP contribution < -0.4 is 5.76 Å². The van der Waals surface area contributed by atoms with Gasteiger partial charge in [-0.2, -0.15) is 0 Å². The molecule has 0 saturated carbocycles. The van der Waals surface area contributed by atoms with Gasteiger partial charge >= 0.3 is 5.76 Å². The van der Waals surface area contributed by atoms with Crippen LogP contribution in [0.5, 0.6) is 0 Å². The molecule has 2 aromatic carbocycles. The number of hydrogen-bond acceptors (Lipinski definition) is 4. The zero-order valence-corrected chi connectivity index (χ0v) is 15.3. The fourth-order valence-corrected chi connectivity index (χ4v) is 3.17. The van der Waals surface area contributed by atoms with E-state index in [9.17, 15) is 4.79 Å². The predicted molar refractivity (Wildman–Crippen MR) is 104 cm³/mol. The number of aryl methyl sites for hydroxylation is 1. The van der Waals surface area contributed by atoms with Gasteiger partial charge in [0.2, 0.25) is 0 Å². The van der Waals surface area contributed by atoms with Gasteiger partial charge in [-0.05, 0) is 37.1 Å². The zero-order valence-electron chi connectivity index (χ0n) is 15.3. The summed E-state index contributed by atoms with van der Waals surface area (Å²) in [6.07, 6.45) is 2.13. The number of para-hydroxylation sites is 2. The summed E-state index contributed by atoms with van der Waals surface area (Å²) in [5.74, 6) is -0.290. The molecule has 0 atom stereocenters. The van der Waals surface area contributed by atoms with E-state index < -0.39 is 0 Å². The van der Waals surface area contributed by atoms with E-state index in [-0.39, 0.29) is 5.76 Å². The minimum Gasteiger partial charge on any atom is -0.408 e. The summed E-state index contributed by atoms with van der Waals surface area (Å²) in [5.41, 5.74) is 2.86. The first-order valence-corrected chi connectivity index (χ1v) is 9.11. The van der Waals surface area contributed by atoms with Gasteiger partial charge in [-0.1, -0.05) is 42.5 Å². The maximum absolute atomic E-state index is 12.1. The molecule has 0 N–H and O–H groups in total. The van der Waals surface area contributed by atoms with Crippen LogP contribution in [0.25, 0.3) is 11.1 Å². The number of rotatable bonds is 10. The van der Waals surface area contributed by atoms with Crippen LogP contribution in [-0.2, 0) is 17.7 Å². The number of aromatic nitrogens is 1. The summed E-state index contributed by atoms with van der Waals surface area (Å²) >= 11 is 0. The number of methoxy groups -OCH3 is 1. The molecule has 0 fully saturated rings. The lowest BCUT2D eigenvalue weighted by atomic mass is 10.1. The third kappa shape index (κ3) is 4.84. The molecule has 0 aliphatic heterocycles. The van der Waals surface area contributed by atoms with Crippen molar-refractivity contribution in [2.75, 3.05) is 33.4 Å². The van der Waals surface area contributed by atoms with Crippen molar-refractivity contribution in [2.24, 2.45) is 0 Å². The summed E-state index contributed by atoms with van der Waals surface area (Å²) in [6.45, 7) is 3.93. The quantitative estimate of drug-likeness (QED) is 0.561. The van der Waals surface area contributed by atoms with Crippen LogP contribution in [-0.4, -0.2) is 42.8 Å². The van der Waals surface area contributed by atoms with Gasteiger partial charge in [-0.15, -0.1) is 0 Å². The molecular weight excluding hydrogens is 328 g/mol. The summed E-state index contributed by atoms with van der Waals surface area (Å²) in [5, 5.41) is 0. The molecule has 0 aliphatic carbocycles. The number of ether oxygens (including phenoxy) is 1. The van der Waals surface area contributed by atoms with Crippen LogP contribution in [0.4, 0.5) is 0 Å². The Hall–Kier alpha value is -2.37. The molecule has 0 radical (unpaired) electrons. The van der Waals surface area contributed by atoms with Gasteiger partial charge in [-0.25, -0.2) is 4.79 Å². The summed E-state index contributed by atoms with van der Waals surface area (Å²) in [6, 6.07) is 18.1. The fourth-order valence-electron chi connectivity index (χ4n) is 3.17. The molecule has 1 heterocycles. The van der Waals surface area contributed by atoms with Gasteiger partial charge in [0.25, 0.3) is 0 Å². The first-order valence-electron chi connectivity index (χ1n) is 9.11. The number of oxazole rings is 1. The van der Waals surface area contributed by atoms with Crippen molar-refractivity contribution >= 4 is 11.1 Å². The second-order valence-electron chi connectivity index (χ2n) is 6.41. The van der Waals surface area contributed by atoms with Crippen LogP contribution in [0.15, 0.2) is 63.8 Å². The summed E-state index contributed by atoms with van der Waals surface area (Å²) in [7, 11) is 1.72. The largest absolute Gasteiger partial charge is 0.419 e. The molecule has 0 bridgehead atoms. The van der Waals surface area contributed by atoms with Crippen LogP contribution in [0.3, 0.4) is 0 Å². The van der Waals surface area contributed by atoms with Crippen molar-refractivity contribution in [3.8, 4) is 0 Å². The lowest BCUT2D eigenvalue weighted by molar-refractivity contribution is 0.144. The number of fused-ring (bicyclic) bond motifs is 1. The standard InChI is InChI=1S/C21H26N2O3/c1-25-17-16-22(13-7-10-18-8-3-2-4-9-18)14-15-23-19-11-5-6-12-20(19)26-21(23)24/h2-6,8-9,11-12H,7,10,13-17H2,1H3. The van der Waals surface area contributed by atoms with Crippen molar-refractivity contribution in [2.45, 2.75) is 19.4 Å². The molecule has 0 amide bonds. The van der Waals surface area contributed by atoms with Gasteiger partial charge in [0.15, 0.2) is 5.58 Å². The maximum Gasteiger partial charge on any atom is 0.419 e. The van der Waals surface area contributed by atoms with Gasteiger partial charge in [0, 0.05) is 26.7 Å². The highest BCUT2D eigenvalue weighted by molar-refractivity contribution is 5.72. The smallest absolute Gasteiger partial charge is 0.408 e. The van der Waals surface area contributed by atoms with E-state index in [2.05, 4.69) is 29.2 Å². The number of nitrogens with zero attached hydrogens (tertiary/aromatic N) is 2. The fraction of sp³-hybridized carbons (Fsp3) is 0.381. The van der Waals surface area contributed by atoms with Crippen molar-refractivity contribution < 1.29 is 9.15 Å². The molecule has 5 nitrogen and oxygen atoms in total. The topological polar surface area (TPSA) is 47.6 Å². The predicted octanol–water partition coefficient (Wildman–Crippen LogP) is 3.18. The Kier molecular flexibility index (Phi) is 6.63. The van der Waals surface area contributed by atoms with Crippen LogP contribution in [0.2, 0.25) is 0 Å². The van der Waals surface area contributed by atoms with Crippen LogP contribution >= 0.6 is 0 Å². The van der Waals surface area contributed by atoms with Crippen molar-refractivity contribution in [3.05, 3.63) is 70.7 Å². The van der Waals surface area contributed by atoms with Gasteiger partial charge in [-0.3, -0.25) is 9.47 Å². The second-order valence-corrected chi connectivity index (χ2v) is 6.41. The van der Waals surface area contributed by atoms with E-state index in [1.165, 1.54) is 5.56 Å². The third-order valence-corrected chi connectivity index (χ3v) is 4.61. The molecule has 138 valence electrons. The Morgan fingerprint density at radius 1 is 1.00 bits per heavy atom. The Bertz CT molecular complexity index is 854. The average Bonchev–Trinajstić information content (AvgIpc) is 2.99. The number of hydrogen-bond donors (Lipinski definition) is 0. The normalized spacial score (nSPS) is 11.5. The highest BCUT2D eigenvalue weighted by Gasteiger charge is 2.11. The molecular formula is C21H26N2O3. The van der Waals surface area contributed by atoms with E-state index in [0.717, 1.165) is 38.0 Å². The van der Waals surface area contributed by atoms with E-state index in [4.69, 9.17) is 9.15 Å². The third-order valence-electron chi connectivity index (χ3n) is 4.61. The first kappa shape index (κ1) is 18.4. The highest BCUT2D eigenvalue weighted by atomic mass is 16.5. The van der Waals surface area contributed by atoms with Crippen LogP contribution in [0.1, 0.15) is 12.0 Å². The van der Waals surface area contributed by atoms with Crippen molar-refractivity contribution in [3.63, 3.8) is 0 Å². The SMILES string of the molecule is COCCN(CCCc1ccccc1)CCn1c(=O)oc2ccccc21. The van der Waals surface area contributed by atoms with Gasteiger partial charge in [0.1, 0.15) is 0 Å². The van der Waals surface area contributed by atoms with E-state index in [1.807, 2.05) is 30.3 Å². The van der Waals surface area contributed by atoms with Crippen LogP contribution in [0, 0.1) is 0 Å². The first-order chi connectivity index (χ1) is 12.8. The second kappa shape index (κ2) is 9.36. The average molecular weight is 354 g/mol. The van der Waals surface area contributed by atoms with Gasteiger partial charge < -0.3 is 9.15 Å². The molecule has 0 unspecified atom stereocenters. The van der Waals surface area contributed by atoms with Crippen molar-refractivity contribution in [1.82, 2.24) is 9.47 Å². The molecule has 1 aromatic heterocycles. The zero-order chi connectivity index (χ0) is 18.2. The lowest BCUT2D eigenvalue weighted by Crippen LogP contribution is -2.33. The monoisotopic (exact) mass is 354 g/mol. The molecule has 0 spiro atoms. The lowest BCUT2D eigenvalue weighted by Gasteiger charge is -2.22. The highest BCUT2D eigenvalue weighted by Crippen LogP contribution is 2.12. The molecule has 0 aliphatic rings. The summed E-state index contributed by atoms with van der Waals surface area (Å²) in [4.78, 5) is 14.5. The van der Waals surface area contributed by atoms with E-state index in [1.54, 1.807) is 11.7 Å². The minimum absolute atomic E-state index is 0.290.